The Morgan fingerprint density at radius 1 is 1.13 bits per heavy atom. The first-order chi connectivity index (χ1) is 11.0. The van der Waals surface area contributed by atoms with Crippen LogP contribution in [-0.2, 0) is 0 Å². The maximum absolute atomic E-state index is 5.69. The van der Waals surface area contributed by atoms with Crippen molar-refractivity contribution >= 4 is 27.0 Å². The molecular formula is C18H19BrN2O2. The number of aromatic amines is 1. The van der Waals surface area contributed by atoms with Crippen molar-refractivity contribution < 1.29 is 9.47 Å². The van der Waals surface area contributed by atoms with Crippen molar-refractivity contribution in [1.29, 1.82) is 0 Å². The van der Waals surface area contributed by atoms with Gasteiger partial charge in [-0.2, -0.15) is 0 Å². The Morgan fingerprint density at radius 3 is 2.57 bits per heavy atom. The first-order valence-electron chi connectivity index (χ1n) is 7.51. The lowest BCUT2D eigenvalue weighted by Crippen LogP contribution is -1.97. The molecule has 3 aromatic rings. The highest BCUT2D eigenvalue weighted by molar-refractivity contribution is 9.10. The van der Waals surface area contributed by atoms with Gasteiger partial charge in [0.25, 0.3) is 0 Å². The normalized spacial score (nSPS) is 11.0. The molecule has 0 fully saturated rings. The first kappa shape index (κ1) is 15.9. The molecule has 0 unspecified atom stereocenters. The Labute approximate surface area is 144 Å². The summed E-state index contributed by atoms with van der Waals surface area (Å²) in [4.78, 5) is 8.10. The number of H-pyrrole nitrogens is 1. The Morgan fingerprint density at radius 2 is 1.87 bits per heavy atom. The summed E-state index contributed by atoms with van der Waals surface area (Å²) in [7, 11) is 1.63. The van der Waals surface area contributed by atoms with E-state index in [2.05, 4.69) is 46.9 Å². The smallest absolute Gasteiger partial charge is 0.174 e. The number of benzene rings is 2. The molecule has 1 aromatic heterocycles. The van der Waals surface area contributed by atoms with Crippen molar-refractivity contribution in [2.75, 3.05) is 13.7 Å². The number of aromatic nitrogens is 2. The quantitative estimate of drug-likeness (QED) is 0.697. The Hall–Kier alpha value is -2.01. The van der Waals surface area contributed by atoms with E-state index in [1.165, 1.54) is 11.1 Å². The van der Waals surface area contributed by atoms with Crippen LogP contribution in [0.3, 0.4) is 0 Å². The highest BCUT2D eigenvalue weighted by atomic mass is 79.9. The number of aryl methyl sites for hydroxylation is 2. The summed E-state index contributed by atoms with van der Waals surface area (Å²) in [6.07, 6.45) is 0. The number of ether oxygens (including phenoxy) is 2. The maximum Gasteiger partial charge on any atom is 0.174 e. The highest BCUT2D eigenvalue weighted by Gasteiger charge is 2.14. The van der Waals surface area contributed by atoms with Crippen LogP contribution < -0.4 is 9.47 Å². The minimum absolute atomic E-state index is 0.574. The van der Waals surface area contributed by atoms with Gasteiger partial charge in [0.1, 0.15) is 5.82 Å². The zero-order valence-corrected chi connectivity index (χ0v) is 15.2. The van der Waals surface area contributed by atoms with Crippen LogP contribution in [-0.4, -0.2) is 23.7 Å². The second-order valence-corrected chi connectivity index (χ2v) is 6.32. The molecule has 3 rings (SSSR count). The fraction of sp³-hybridized carbons (Fsp3) is 0.278. The second kappa shape index (κ2) is 6.24. The second-order valence-electron chi connectivity index (χ2n) is 5.46. The van der Waals surface area contributed by atoms with Gasteiger partial charge in [0.15, 0.2) is 11.5 Å². The largest absolute Gasteiger partial charge is 0.492 e. The minimum atomic E-state index is 0.574. The predicted molar refractivity (Wildman–Crippen MR) is 96.4 cm³/mol. The molecular weight excluding hydrogens is 356 g/mol. The van der Waals surface area contributed by atoms with Crippen molar-refractivity contribution in [2.45, 2.75) is 20.8 Å². The van der Waals surface area contributed by atoms with E-state index in [0.29, 0.717) is 18.1 Å². The van der Waals surface area contributed by atoms with Gasteiger partial charge in [-0.15, -0.1) is 0 Å². The van der Waals surface area contributed by atoms with Crippen LogP contribution in [0.15, 0.2) is 28.7 Å². The molecule has 2 aromatic carbocycles. The van der Waals surface area contributed by atoms with Crippen LogP contribution in [0.4, 0.5) is 0 Å². The SMILES string of the molecule is CCOc1cc(-c2nc3cc(C)c(C)cc3[nH]2)cc(Br)c1OC. The van der Waals surface area contributed by atoms with E-state index >= 15 is 0 Å². The van der Waals surface area contributed by atoms with Crippen molar-refractivity contribution in [2.24, 2.45) is 0 Å². The monoisotopic (exact) mass is 374 g/mol. The molecule has 0 atom stereocenters. The number of nitrogens with zero attached hydrogens (tertiary/aromatic N) is 1. The molecule has 5 heteroatoms. The molecule has 0 amide bonds. The molecule has 4 nitrogen and oxygen atoms in total. The number of methoxy groups -OCH3 is 1. The Balaban J connectivity index is 2.14. The van der Waals surface area contributed by atoms with Gasteiger partial charge in [0, 0.05) is 5.56 Å². The van der Waals surface area contributed by atoms with E-state index in [0.717, 1.165) is 26.9 Å². The molecule has 0 saturated heterocycles. The lowest BCUT2D eigenvalue weighted by molar-refractivity contribution is 0.310. The summed E-state index contributed by atoms with van der Waals surface area (Å²) in [6, 6.07) is 8.17. The first-order valence-corrected chi connectivity index (χ1v) is 8.30. The maximum atomic E-state index is 5.69. The van der Waals surface area contributed by atoms with Crippen molar-refractivity contribution in [1.82, 2.24) is 9.97 Å². The molecule has 1 N–H and O–H groups in total. The van der Waals surface area contributed by atoms with Crippen molar-refractivity contribution in [3.8, 4) is 22.9 Å². The van der Waals surface area contributed by atoms with Gasteiger partial charge in [-0.05, 0) is 72.1 Å². The summed E-state index contributed by atoms with van der Waals surface area (Å²) >= 11 is 3.55. The van der Waals surface area contributed by atoms with E-state index in [1.807, 2.05) is 19.1 Å². The fourth-order valence-electron chi connectivity index (χ4n) is 2.57. The topological polar surface area (TPSA) is 47.1 Å². The van der Waals surface area contributed by atoms with E-state index < -0.39 is 0 Å². The number of halogens is 1. The molecule has 0 spiro atoms. The lowest BCUT2D eigenvalue weighted by Gasteiger charge is -2.12. The van der Waals surface area contributed by atoms with E-state index in [-0.39, 0.29) is 0 Å². The summed E-state index contributed by atoms with van der Waals surface area (Å²) < 4.78 is 11.9. The van der Waals surface area contributed by atoms with E-state index in [1.54, 1.807) is 7.11 Å². The number of hydrogen-bond donors (Lipinski definition) is 1. The van der Waals surface area contributed by atoms with Gasteiger partial charge in [-0.3, -0.25) is 0 Å². The molecule has 1 heterocycles. The van der Waals surface area contributed by atoms with Crippen LogP contribution in [0.25, 0.3) is 22.4 Å². The summed E-state index contributed by atoms with van der Waals surface area (Å²) in [5, 5.41) is 0. The molecule has 23 heavy (non-hydrogen) atoms. The molecule has 0 bridgehead atoms. The molecule has 0 aliphatic rings. The minimum Gasteiger partial charge on any atom is -0.492 e. The third kappa shape index (κ3) is 2.93. The fourth-order valence-corrected chi connectivity index (χ4v) is 3.18. The van der Waals surface area contributed by atoms with Crippen LogP contribution in [0.1, 0.15) is 18.1 Å². The number of rotatable bonds is 4. The van der Waals surface area contributed by atoms with E-state index in [9.17, 15) is 0 Å². The van der Waals surface area contributed by atoms with Crippen LogP contribution >= 0.6 is 15.9 Å². The molecule has 0 aliphatic heterocycles. The van der Waals surface area contributed by atoms with Crippen LogP contribution in [0.2, 0.25) is 0 Å². The van der Waals surface area contributed by atoms with Gasteiger partial charge in [0.05, 0.1) is 29.2 Å². The van der Waals surface area contributed by atoms with Gasteiger partial charge < -0.3 is 14.5 Å². The average molecular weight is 375 g/mol. The third-order valence-electron chi connectivity index (χ3n) is 3.88. The third-order valence-corrected chi connectivity index (χ3v) is 4.47. The number of hydrogen-bond acceptors (Lipinski definition) is 3. The van der Waals surface area contributed by atoms with Gasteiger partial charge in [-0.25, -0.2) is 4.98 Å². The Bertz CT molecular complexity index is 832. The Kier molecular flexibility index (Phi) is 4.31. The van der Waals surface area contributed by atoms with Crippen molar-refractivity contribution in [3.63, 3.8) is 0 Å². The zero-order valence-electron chi connectivity index (χ0n) is 13.7. The molecule has 0 aliphatic carbocycles. The summed E-state index contributed by atoms with van der Waals surface area (Å²) in [6.45, 7) is 6.73. The van der Waals surface area contributed by atoms with Crippen molar-refractivity contribution in [3.05, 3.63) is 39.9 Å². The summed E-state index contributed by atoms with van der Waals surface area (Å²) in [5.41, 5.74) is 5.44. The van der Waals surface area contributed by atoms with E-state index in [4.69, 9.17) is 14.5 Å². The predicted octanol–water partition coefficient (Wildman–Crippen LogP) is 5.02. The molecule has 0 saturated carbocycles. The zero-order chi connectivity index (χ0) is 16.6. The number of fused-ring (bicyclic) bond motifs is 1. The lowest BCUT2D eigenvalue weighted by atomic mass is 10.1. The van der Waals surface area contributed by atoms with Crippen LogP contribution in [0.5, 0.6) is 11.5 Å². The van der Waals surface area contributed by atoms with Gasteiger partial charge in [0.2, 0.25) is 0 Å². The average Bonchev–Trinajstić information content (AvgIpc) is 2.90. The van der Waals surface area contributed by atoms with Crippen LogP contribution in [0, 0.1) is 13.8 Å². The molecule has 0 radical (unpaired) electrons. The summed E-state index contributed by atoms with van der Waals surface area (Å²) in [5.74, 6) is 2.21. The number of imidazole rings is 1. The number of nitrogens with one attached hydrogen (secondary N) is 1. The standard InChI is InChI=1S/C18H19BrN2O2/c1-5-23-16-9-12(8-13(19)17(16)22-4)18-20-14-6-10(2)11(3)7-15(14)21-18/h6-9H,5H2,1-4H3,(H,20,21). The highest BCUT2D eigenvalue weighted by Crippen LogP contribution is 2.39. The van der Waals surface area contributed by atoms with Gasteiger partial charge >= 0.3 is 0 Å². The van der Waals surface area contributed by atoms with Gasteiger partial charge in [-0.1, -0.05) is 0 Å². The molecule has 120 valence electrons.